The van der Waals surface area contributed by atoms with Crippen LogP contribution in [0.1, 0.15) is 28.9 Å². The van der Waals surface area contributed by atoms with Gasteiger partial charge in [0.25, 0.3) is 5.91 Å². The Bertz CT molecular complexity index is 731. The van der Waals surface area contributed by atoms with Crippen molar-refractivity contribution in [1.82, 2.24) is 5.32 Å². The minimum atomic E-state index is -0.564. The molecule has 5 N–H and O–H groups in total. The van der Waals surface area contributed by atoms with E-state index in [2.05, 4.69) is 16.0 Å². The fraction of sp³-hybridized carbons (Fsp3) is 0.235. The van der Waals surface area contributed by atoms with Crippen LogP contribution in [0.15, 0.2) is 41.8 Å². The highest BCUT2D eigenvalue weighted by Crippen LogP contribution is 2.18. The highest BCUT2D eigenvalue weighted by atomic mass is 32.1. The lowest BCUT2D eigenvalue weighted by Gasteiger charge is -2.08. The van der Waals surface area contributed by atoms with Gasteiger partial charge in [0.2, 0.25) is 5.91 Å². The lowest BCUT2D eigenvalue weighted by molar-refractivity contribution is -0.116. The van der Waals surface area contributed by atoms with Crippen molar-refractivity contribution in [2.75, 3.05) is 17.2 Å². The van der Waals surface area contributed by atoms with Gasteiger partial charge in [-0.1, -0.05) is 12.1 Å². The molecule has 0 aliphatic carbocycles. The molecular formula is C17H20N4O3S. The van der Waals surface area contributed by atoms with Gasteiger partial charge in [-0.25, -0.2) is 4.79 Å². The number of amides is 4. The zero-order valence-electron chi connectivity index (χ0n) is 13.6. The first-order chi connectivity index (χ1) is 12.0. The molecule has 132 valence electrons. The van der Waals surface area contributed by atoms with E-state index < -0.39 is 6.03 Å². The molecule has 0 radical (unpaired) electrons. The fourth-order valence-electron chi connectivity index (χ4n) is 2.12. The second-order valence-corrected chi connectivity index (χ2v) is 6.26. The fourth-order valence-corrected chi connectivity index (χ4v) is 2.74. The van der Waals surface area contributed by atoms with E-state index in [1.54, 1.807) is 30.3 Å². The molecule has 2 aromatic rings. The molecule has 8 heteroatoms. The zero-order chi connectivity index (χ0) is 18.1. The summed E-state index contributed by atoms with van der Waals surface area (Å²) in [6.45, 7) is 0.451. The lowest BCUT2D eigenvalue weighted by Crippen LogP contribution is -2.30. The van der Waals surface area contributed by atoms with Crippen molar-refractivity contribution < 1.29 is 14.4 Å². The summed E-state index contributed by atoms with van der Waals surface area (Å²) in [5, 5.41) is 9.90. The molecule has 0 aliphatic heterocycles. The van der Waals surface area contributed by atoms with Crippen LogP contribution in [-0.4, -0.2) is 24.4 Å². The number of primary amides is 1. The Morgan fingerprint density at radius 2 is 1.76 bits per heavy atom. The summed E-state index contributed by atoms with van der Waals surface area (Å²) in [6.07, 6.45) is 1.65. The maximum absolute atomic E-state index is 12.0. The van der Waals surface area contributed by atoms with Crippen molar-refractivity contribution in [3.05, 3.63) is 46.7 Å². The van der Waals surface area contributed by atoms with E-state index >= 15 is 0 Å². The van der Waals surface area contributed by atoms with Crippen molar-refractivity contribution in [2.45, 2.75) is 19.3 Å². The first-order valence-electron chi connectivity index (χ1n) is 7.82. The van der Waals surface area contributed by atoms with E-state index in [4.69, 9.17) is 5.73 Å². The molecule has 25 heavy (non-hydrogen) atoms. The first kappa shape index (κ1) is 18.5. The Kier molecular flexibility index (Phi) is 6.97. The Hall–Kier alpha value is -2.87. The number of nitrogens with two attached hydrogens (primary N) is 1. The lowest BCUT2D eigenvalue weighted by atomic mass is 10.2. The topological polar surface area (TPSA) is 113 Å². The SMILES string of the molecule is NC(=O)NCCCCC(=O)Nc1cccc(NC(=O)c2cccs2)c1. The van der Waals surface area contributed by atoms with Crippen LogP contribution < -0.4 is 21.7 Å². The Morgan fingerprint density at radius 3 is 2.44 bits per heavy atom. The van der Waals surface area contributed by atoms with Gasteiger partial charge in [-0.15, -0.1) is 11.3 Å². The monoisotopic (exact) mass is 360 g/mol. The van der Waals surface area contributed by atoms with Gasteiger partial charge in [0.05, 0.1) is 4.88 Å². The molecule has 0 saturated carbocycles. The van der Waals surface area contributed by atoms with E-state index in [-0.39, 0.29) is 11.8 Å². The average molecular weight is 360 g/mol. The largest absolute Gasteiger partial charge is 0.352 e. The van der Waals surface area contributed by atoms with E-state index in [1.807, 2.05) is 11.4 Å². The van der Waals surface area contributed by atoms with Crippen LogP contribution in [0.25, 0.3) is 0 Å². The molecule has 0 bridgehead atoms. The average Bonchev–Trinajstić information content (AvgIpc) is 3.09. The Balaban J connectivity index is 1.79. The molecule has 7 nitrogen and oxygen atoms in total. The molecule has 2 rings (SSSR count). The molecule has 0 spiro atoms. The highest BCUT2D eigenvalue weighted by Gasteiger charge is 2.08. The predicted molar refractivity (Wildman–Crippen MR) is 98.8 cm³/mol. The van der Waals surface area contributed by atoms with Crippen LogP contribution in [0, 0.1) is 0 Å². The Labute approximate surface area is 149 Å². The standard InChI is InChI=1S/C17H20N4O3S/c18-17(24)19-9-2-1-8-15(22)20-12-5-3-6-13(11-12)21-16(23)14-7-4-10-25-14/h3-7,10-11H,1-2,8-9H2,(H,20,22)(H,21,23)(H3,18,19,24). The van der Waals surface area contributed by atoms with Crippen molar-refractivity contribution in [3.63, 3.8) is 0 Å². The molecule has 0 atom stereocenters. The van der Waals surface area contributed by atoms with E-state index in [0.29, 0.717) is 42.1 Å². The number of unbranched alkanes of at least 4 members (excludes halogenated alkanes) is 1. The van der Waals surface area contributed by atoms with Crippen molar-refractivity contribution in [1.29, 1.82) is 0 Å². The summed E-state index contributed by atoms with van der Waals surface area (Å²) in [5.74, 6) is -0.304. The molecular weight excluding hydrogens is 340 g/mol. The van der Waals surface area contributed by atoms with Crippen molar-refractivity contribution in [2.24, 2.45) is 5.73 Å². The first-order valence-corrected chi connectivity index (χ1v) is 8.70. The van der Waals surface area contributed by atoms with Crippen LogP contribution in [0.4, 0.5) is 16.2 Å². The van der Waals surface area contributed by atoms with Crippen molar-refractivity contribution >= 4 is 40.6 Å². The minimum absolute atomic E-state index is 0.124. The second-order valence-electron chi connectivity index (χ2n) is 5.31. The summed E-state index contributed by atoms with van der Waals surface area (Å²) < 4.78 is 0. The van der Waals surface area contributed by atoms with Gasteiger partial charge >= 0.3 is 6.03 Å². The predicted octanol–water partition coefficient (Wildman–Crippen LogP) is 2.78. The molecule has 1 aromatic heterocycles. The number of thiophene rings is 1. The molecule has 0 saturated heterocycles. The number of nitrogens with one attached hydrogen (secondary N) is 3. The van der Waals surface area contributed by atoms with Gasteiger partial charge in [-0.3, -0.25) is 9.59 Å². The molecule has 0 fully saturated rings. The second kappa shape index (κ2) is 9.43. The number of anilines is 2. The maximum atomic E-state index is 12.0. The minimum Gasteiger partial charge on any atom is -0.352 e. The Morgan fingerprint density at radius 1 is 1.00 bits per heavy atom. The molecule has 4 amide bonds. The molecule has 1 heterocycles. The quantitative estimate of drug-likeness (QED) is 0.543. The number of carbonyl (C=O) groups is 3. The van der Waals surface area contributed by atoms with Gasteiger partial charge < -0.3 is 21.7 Å². The summed E-state index contributed by atoms with van der Waals surface area (Å²) in [7, 11) is 0. The summed E-state index contributed by atoms with van der Waals surface area (Å²) >= 11 is 1.36. The number of rotatable bonds is 8. The maximum Gasteiger partial charge on any atom is 0.312 e. The number of carbonyl (C=O) groups excluding carboxylic acids is 3. The van der Waals surface area contributed by atoms with Crippen LogP contribution in [-0.2, 0) is 4.79 Å². The van der Waals surface area contributed by atoms with E-state index in [1.165, 1.54) is 11.3 Å². The third kappa shape index (κ3) is 6.64. The van der Waals surface area contributed by atoms with Crippen LogP contribution in [0.3, 0.4) is 0 Å². The van der Waals surface area contributed by atoms with Gasteiger partial charge in [0, 0.05) is 24.3 Å². The van der Waals surface area contributed by atoms with Crippen LogP contribution >= 0.6 is 11.3 Å². The third-order valence-corrected chi connectivity index (χ3v) is 4.15. The summed E-state index contributed by atoms with van der Waals surface area (Å²) in [4.78, 5) is 35.1. The third-order valence-electron chi connectivity index (χ3n) is 3.28. The van der Waals surface area contributed by atoms with E-state index in [0.717, 1.165) is 0 Å². The molecule has 1 aromatic carbocycles. The number of urea groups is 1. The number of hydrogen-bond acceptors (Lipinski definition) is 4. The van der Waals surface area contributed by atoms with Gasteiger partial charge in [0.15, 0.2) is 0 Å². The summed E-state index contributed by atoms with van der Waals surface area (Å²) in [6, 6.07) is 9.98. The van der Waals surface area contributed by atoms with Crippen molar-refractivity contribution in [3.8, 4) is 0 Å². The van der Waals surface area contributed by atoms with Gasteiger partial charge in [0.1, 0.15) is 0 Å². The van der Waals surface area contributed by atoms with Gasteiger partial charge in [-0.2, -0.15) is 0 Å². The van der Waals surface area contributed by atoms with Gasteiger partial charge in [-0.05, 0) is 42.5 Å². The molecule has 0 aliphatic rings. The van der Waals surface area contributed by atoms with Crippen LogP contribution in [0.5, 0.6) is 0 Å². The number of hydrogen-bond donors (Lipinski definition) is 4. The number of benzene rings is 1. The summed E-state index contributed by atoms with van der Waals surface area (Å²) in [5.41, 5.74) is 6.19. The van der Waals surface area contributed by atoms with Crippen LogP contribution in [0.2, 0.25) is 0 Å². The highest BCUT2D eigenvalue weighted by molar-refractivity contribution is 7.12. The smallest absolute Gasteiger partial charge is 0.312 e. The molecule has 0 unspecified atom stereocenters. The van der Waals surface area contributed by atoms with E-state index in [9.17, 15) is 14.4 Å². The normalized spacial score (nSPS) is 10.1. The zero-order valence-corrected chi connectivity index (χ0v) is 14.4.